The standard InChI is InChI=1S/C25H24N4O7/c30-21(27-22(31)19-2-1-7-26-19)18-13-15(4-6-20(18)28-8-10-36-11-9-28)29-23(32)16-5-3-14(25(34)35)12-17(16)24(29)33/h3-6,12-13,19,26H,1-2,7-11H2,(H,34,35)(H,27,30,31)/t19-/m0/s1. The zero-order chi connectivity index (χ0) is 25.4. The van der Waals surface area contributed by atoms with E-state index >= 15 is 0 Å². The number of hydrogen-bond acceptors (Lipinski definition) is 8. The van der Waals surface area contributed by atoms with Crippen molar-refractivity contribution in [1.29, 1.82) is 0 Å². The van der Waals surface area contributed by atoms with E-state index in [1.54, 1.807) is 12.1 Å². The smallest absolute Gasteiger partial charge is 0.335 e. The van der Waals surface area contributed by atoms with Gasteiger partial charge in [-0.15, -0.1) is 0 Å². The van der Waals surface area contributed by atoms with Crippen LogP contribution in [-0.4, -0.2) is 73.6 Å². The number of ether oxygens (including phenoxy) is 1. The fraction of sp³-hybridized carbons (Fsp3) is 0.320. The summed E-state index contributed by atoms with van der Waals surface area (Å²) in [5.41, 5.74) is 0.784. The molecule has 3 heterocycles. The number of anilines is 2. The molecule has 0 saturated carbocycles. The zero-order valence-electron chi connectivity index (χ0n) is 19.3. The van der Waals surface area contributed by atoms with Crippen molar-refractivity contribution in [3.8, 4) is 0 Å². The number of nitrogens with one attached hydrogen (secondary N) is 2. The van der Waals surface area contributed by atoms with Crippen LogP contribution in [-0.2, 0) is 9.53 Å². The maximum absolute atomic E-state index is 13.3. The number of carboxylic acids is 1. The molecule has 186 valence electrons. The highest BCUT2D eigenvalue weighted by Gasteiger charge is 2.38. The Morgan fingerprint density at radius 2 is 1.75 bits per heavy atom. The molecule has 0 spiro atoms. The van der Waals surface area contributed by atoms with Crippen molar-refractivity contribution in [3.63, 3.8) is 0 Å². The van der Waals surface area contributed by atoms with Gasteiger partial charge in [-0.2, -0.15) is 0 Å². The first-order valence-electron chi connectivity index (χ1n) is 11.7. The molecule has 3 aliphatic rings. The molecule has 11 nitrogen and oxygen atoms in total. The van der Waals surface area contributed by atoms with Gasteiger partial charge in [0.2, 0.25) is 5.91 Å². The molecule has 0 bridgehead atoms. The Balaban J connectivity index is 1.50. The molecule has 1 atom stereocenters. The quantitative estimate of drug-likeness (QED) is 0.521. The normalized spacial score (nSPS) is 19.4. The van der Waals surface area contributed by atoms with Crippen LogP contribution in [0, 0.1) is 0 Å². The average molecular weight is 492 g/mol. The summed E-state index contributed by atoms with van der Waals surface area (Å²) < 4.78 is 5.41. The van der Waals surface area contributed by atoms with Gasteiger partial charge >= 0.3 is 5.97 Å². The van der Waals surface area contributed by atoms with Crippen LogP contribution < -0.4 is 20.4 Å². The van der Waals surface area contributed by atoms with Crippen molar-refractivity contribution in [2.75, 3.05) is 42.6 Å². The number of morpholine rings is 1. The predicted octanol–water partition coefficient (Wildman–Crippen LogP) is 1.03. The molecule has 2 fully saturated rings. The number of imide groups is 2. The summed E-state index contributed by atoms with van der Waals surface area (Å²) in [6, 6.07) is 7.89. The first-order chi connectivity index (χ1) is 17.3. The molecule has 2 aromatic rings. The van der Waals surface area contributed by atoms with E-state index in [1.807, 2.05) is 4.90 Å². The SMILES string of the molecule is O=C(O)c1ccc2c(c1)C(=O)N(c1ccc(N3CCOCC3)c(C(=O)NC(=O)[C@@H]3CCCN3)c1)C2=O. The lowest BCUT2D eigenvalue weighted by Crippen LogP contribution is -2.44. The molecule has 0 aromatic heterocycles. The van der Waals surface area contributed by atoms with Gasteiger partial charge < -0.3 is 20.1 Å². The second kappa shape index (κ2) is 9.51. The van der Waals surface area contributed by atoms with E-state index in [4.69, 9.17) is 4.74 Å². The van der Waals surface area contributed by atoms with Gasteiger partial charge in [-0.3, -0.25) is 24.5 Å². The Kier molecular flexibility index (Phi) is 6.25. The number of nitrogens with zero attached hydrogens (tertiary/aromatic N) is 2. The number of benzene rings is 2. The number of carboxylic acid groups (broad SMARTS) is 1. The summed E-state index contributed by atoms with van der Waals surface area (Å²) in [5, 5.41) is 14.7. The highest BCUT2D eigenvalue weighted by Crippen LogP contribution is 2.33. The summed E-state index contributed by atoms with van der Waals surface area (Å²) in [7, 11) is 0. The Morgan fingerprint density at radius 1 is 1.00 bits per heavy atom. The van der Waals surface area contributed by atoms with E-state index in [9.17, 15) is 29.1 Å². The fourth-order valence-corrected chi connectivity index (χ4v) is 4.71. The third-order valence-electron chi connectivity index (χ3n) is 6.58. The van der Waals surface area contributed by atoms with Crippen LogP contribution in [0.5, 0.6) is 0 Å². The topological polar surface area (TPSA) is 145 Å². The van der Waals surface area contributed by atoms with Crippen LogP contribution in [0.15, 0.2) is 36.4 Å². The van der Waals surface area contributed by atoms with Crippen molar-refractivity contribution in [2.45, 2.75) is 18.9 Å². The van der Waals surface area contributed by atoms with Crippen molar-refractivity contribution in [3.05, 3.63) is 58.7 Å². The Bertz CT molecular complexity index is 1280. The van der Waals surface area contributed by atoms with Gasteiger partial charge in [-0.1, -0.05) is 0 Å². The number of carbonyl (C=O) groups excluding carboxylic acids is 4. The fourth-order valence-electron chi connectivity index (χ4n) is 4.71. The third-order valence-corrected chi connectivity index (χ3v) is 6.58. The van der Waals surface area contributed by atoms with Gasteiger partial charge in [0.05, 0.1) is 47.2 Å². The lowest BCUT2D eigenvalue weighted by Gasteiger charge is -2.31. The zero-order valence-corrected chi connectivity index (χ0v) is 19.3. The molecule has 3 N–H and O–H groups in total. The van der Waals surface area contributed by atoms with Crippen LogP contribution in [0.1, 0.15) is 54.3 Å². The second-order valence-corrected chi connectivity index (χ2v) is 8.78. The van der Waals surface area contributed by atoms with Crippen molar-refractivity contribution < 1.29 is 33.8 Å². The van der Waals surface area contributed by atoms with E-state index < -0.39 is 35.6 Å². The Hall–Kier alpha value is -4.09. The number of rotatable bonds is 5. The summed E-state index contributed by atoms with van der Waals surface area (Å²) in [4.78, 5) is 66.3. The van der Waals surface area contributed by atoms with Gasteiger partial charge in [0.25, 0.3) is 17.7 Å². The number of fused-ring (bicyclic) bond motifs is 1. The van der Waals surface area contributed by atoms with Gasteiger partial charge in [0, 0.05) is 18.8 Å². The molecule has 0 aliphatic carbocycles. The largest absolute Gasteiger partial charge is 0.478 e. The molecule has 4 amide bonds. The maximum atomic E-state index is 13.3. The first kappa shape index (κ1) is 23.6. The minimum absolute atomic E-state index is 0.0226. The van der Waals surface area contributed by atoms with Gasteiger partial charge in [-0.05, 0) is 55.8 Å². The van der Waals surface area contributed by atoms with Crippen molar-refractivity contribution in [2.24, 2.45) is 0 Å². The lowest BCUT2D eigenvalue weighted by atomic mass is 10.1. The molecule has 2 aromatic carbocycles. The molecule has 2 saturated heterocycles. The highest BCUT2D eigenvalue weighted by molar-refractivity contribution is 6.35. The second-order valence-electron chi connectivity index (χ2n) is 8.78. The molecule has 3 aliphatic heterocycles. The molecule has 5 rings (SSSR count). The first-order valence-corrected chi connectivity index (χ1v) is 11.7. The maximum Gasteiger partial charge on any atom is 0.335 e. The number of hydrogen-bond donors (Lipinski definition) is 3. The van der Waals surface area contributed by atoms with Crippen LogP contribution >= 0.6 is 0 Å². The Labute approximate surface area is 206 Å². The van der Waals surface area contributed by atoms with E-state index in [1.165, 1.54) is 24.3 Å². The molecule has 0 unspecified atom stereocenters. The van der Waals surface area contributed by atoms with E-state index in [0.717, 1.165) is 11.3 Å². The lowest BCUT2D eigenvalue weighted by molar-refractivity contribution is -0.121. The summed E-state index contributed by atoms with van der Waals surface area (Å²) in [6.45, 7) is 2.70. The van der Waals surface area contributed by atoms with Crippen LogP contribution in [0.25, 0.3) is 0 Å². The summed E-state index contributed by atoms with van der Waals surface area (Å²) in [5.74, 6) is -3.59. The van der Waals surface area contributed by atoms with Gasteiger partial charge in [0.1, 0.15) is 0 Å². The average Bonchev–Trinajstić information content (AvgIpc) is 3.51. The minimum Gasteiger partial charge on any atom is -0.478 e. The monoisotopic (exact) mass is 492 g/mol. The van der Waals surface area contributed by atoms with Gasteiger partial charge in [0.15, 0.2) is 0 Å². The molecule has 11 heteroatoms. The number of carbonyl (C=O) groups is 5. The van der Waals surface area contributed by atoms with E-state index in [-0.39, 0.29) is 27.9 Å². The van der Waals surface area contributed by atoms with Gasteiger partial charge in [-0.25, -0.2) is 9.69 Å². The van der Waals surface area contributed by atoms with Crippen LogP contribution in [0.2, 0.25) is 0 Å². The predicted molar refractivity (Wildman–Crippen MR) is 128 cm³/mol. The van der Waals surface area contributed by atoms with Crippen LogP contribution in [0.3, 0.4) is 0 Å². The molecular formula is C25H24N4O7. The summed E-state index contributed by atoms with van der Waals surface area (Å²) in [6.07, 6.45) is 1.47. The minimum atomic E-state index is -1.22. The molecule has 36 heavy (non-hydrogen) atoms. The van der Waals surface area contributed by atoms with E-state index in [2.05, 4.69) is 10.6 Å². The van der Waals surface area contributed by atoms with Crippen molar-refractivity contribution in [1.82, 2.24) is 10.6 Å². The number of aromatic carboxylic acids is 1. The van der Waals surface area contributed by atoms with Crippen molar-refractivity contribution >= 4 is 41.0 Å². The highest BCUT2D eigenvalue weighted by atomic mass is 16.5. The third kappa shape index (κ3) is 4.23. The molecular weight excluding hydrogens is 468 g/mol. The molecule has 0 radical (unpaired) electrons. The Morgan fingerprint density at radius 3 is 2.44 bits per heavy atom. The summed E-state index contributed by atoms with van der Waals surface area (Å²) >= 11 is 0. The number of amides is 4. The van der Waals surface area contributed by atoms with E-state index in [0.29, 0.717) is 45.0 Å². The van der Waals surface area contributed by atoms with Crippen LogP contribution in [0.4, 0.5) is 11.4 Å².